The van der Waals surface area contributed by atoms with Crippen LogP contribution in [-0.4, -0.2) is 63.7 Å². The number of benzene rings is 3. The zero-order valence-corrected chi connectivity index (χ0v) is 26.8. The molecule has 1 heterocycles. The van der Waals surface area contributed by atoms with Gasteiger partial charge in [0.1, 0.15) is 19.3 Å². The van der Waals surface area contributed by atoms with Crippen LogP contribution in [0.3, 0.4) is 0 Å². The molecule has 0 saturated heterocycles. The van der Waals surface area contributed by atoms with Crippen LogP contribution in [0.2, 0.25) is 0 Å². The number of carbonyl (C=O) groups excluding carboxylic acids is 2. The lowest BCUT2D eigenvalue weighted by Crippen LogP contribution is -2.51. The average Bonchev–Trinajstić information content (AvgIpc) is 3.00. The fourth-order valence-corrected chi connectivity index (χ4v) is 6.10. The summed E-state index contributed by atoms with van der Waals surface area (Å²) >= 11 is 0. The third-order valence-corrected chi connectivity index (χ3v) is 8.72. The van der Waals surface area contributed by atoms with Crippen molar-refractivity contribution >= 4 is 27.5 Å². The summed E-state index contributed by atoms with van der Waals surface area (Å²) in [7, 11) is -3.65. The molecule has 44 heavy (non-hydrogen) atoms. The Bertz CT molecular complexity index is 1530. The number of hydrogen-bond acceptors (Lipinski definition) is 6. The van der Waals surface area contributed by atoms with Gasteiger partial charge in [0.25, 0.3) is 0 Å². The van der Waals surface area contributed by atoms with Gasteiger partial charge in [0.15, 0.2) is 11.5 Å². The summed E-state index contributed by atoms with van der Waals surface area (Å²) in [4.78, 5) is 29.4. The molecule has 0 spiro atoms. The predicted octanol–water partition coefficient (Wildman–Crippen LogP) is 4.72. The van der Waals surface area contributed by atoms with E-state index in [1.54, 1.807) is 23.1 Å². The molecule has 10 heteroatoms. The Kier molecular flexibility index (Phi) is 11.3. The molecular weight excluding hydrogens is 578 g/mol. The molecule has 1 atom stereocenters. The Morgan fingerprint density at radius 2 is 1.61 bits per heavy atom. The van der Waals surface area contributed by atoms with Crippen molar-refractivity contribution in [2.45, 2.75) is 52.6 Å². The van der Waals surface area contributed by atoms with Gasteiger partial charge < -0.3 is 19.7 Å². The van der Waals surface area contributed by atoms with Gasteiger partial charge in [-0.05, 0) is 48.1 Å². The zero-order valence-electron chi connectivity index (χ0n) is 26.0. The topological polar surface area (TPSA) is 105 Å². The standard InChI is InChI=1S/C34H43N3O6S/c1-25(2)23-35-34(39)30(21-27-12-6-5-7-13-27)36(24-28-14-9-8-11-26(28)3)33(38)15-10-18-37(44(4,40)41)29-16-17-31-32(22-29)43-20-19-42-31/h5-9,11-14,16-17,22,25,30H,10,15,18-21,23-24H2,1-4H3,(H,35,39)/t30-/m1/s1. The lowest BCUT2D eigenvalue weighted by molar-refractivity contribution is -0.141. The van der Waals surface area contributed by atoms with Crippen molar-refractivity contribution in [3.05, 3.63) is 89.5 Å². The quantitative estimate of drug-likeness (QED) is 0.279. The molecule has 0 aliphatic carbocycles. The molecule has 0 bridgehead atoms. The number of nitrogens with zero attached hydrogens (tertiary/aromatic N) is 2. The van der Waals surface area contributed by atoms with Crippen molar-refractivity contribution in [2.75, 3.05) is 36.9 Å². The molecule has 9 nitrogen and oxygen atoms in total. The van der Waals surface area contributed by atoms with E-state index in [0.717, 1.165) is 22.9 Å². The predicted molar refractivity (Wildman–Crippen MR) is 172 cm³/mol. The lowest BCUT2D eigenvalue weighted by atomic mass is 10.0. The molecule has 0 saturated carbocycles. The summed E-state index contributed by atoms with van der Waals surface area (Å²) in [6.07, 6.45) is 1.82. The van der Waals surface area contributed by atoms with Gasteiger partial charge in [0.2, 0.25) is 21.8 Å². The number of fused-ring (bicyclic) bond motifs is 1. The van der Waals surface area contributed by atoms with Crippen LogP contribution in [-0.2, 0) is 32.6 Å². The molecule has 3 aromatic carbocycles. The number of anilines is 1. The van der Waals surface area contributed by atoms with Gasteiger partial charge in [-0.3, -0.25) is 13.9 Å². The van der Waals surface area contributed by atoms with Gasteiger partial charge in [-0.15, -0.1) is 0 Å². The first-order valence-electron chi connectivity index (χ1n) is 15.1. The smallest absolute Gasteiger partial charge is 0.243 e. The van der Waals surface area contributed by atoms with Crippen molar-refractivity contribution < 1.29 is 27.5 Å². The number of sulfonamides is 1. The second kappa shape index (κ2) is 15.1. The number of hydrogen-bond donors (Lipinski definition) is 1. The van der Waals surface area contributed by atoms with E-state index in [4.69, 9.17) is 9.47 Å². The van der Waals surface area contributed by atoms with Crippen LogP contribution in [0.5, 0.6) is 11.5 Å². The summed E-state index contributed by atoms with van der Waals surface area (Å²) in [6.45, 7) is 7.70. The summed E-state index contributed by atoms with van der Waals surface area (Å²) in [5.74, 6) is 0.872. The Labute approximate surface area is 261 Å². The van der Waals surface area contributed by atoms with Crippen LogP contribution in [0.15, 0.2) is 72.8 Å². The van der Waals surface area contributed by atoms with E-state index < -0.39 is 16.1 Å². The molecule has 0 fully saturated rings. The van der Waals surface area contributed by atoms with E-state index in [-0.39, 0.29) is 43.7 Å². The third-order valence-electron chi connectivity index (χ3n) is 7.52. The molecule has 1 N–H and O–H groups in total. The fraction of sp³-hybridized carbons (Fsp3) is 0.412. The van der Waals surface area contributed by atoms with E-state index >= 15 is 0 Å². The maximum atomic E-state index is 14.0. The van der Waals surface area contributed by atoms with Crippen LogP contribution >= 0.6 is 0 Å². The SMILES string of the molecule is Cc1ccccc1CN(C(=O)CCCN(c1ccc2c(c1)OCCO2)S(C)(=O)=O)[C@H](Cc1ccccc1)C(=O)NCC(C)C. The number of amides is 2. The normalized spacial score (nSPS) is 13.3. The number of rotatable bonds is 14. The molecule has 3 aromatic rings. The van der Waals surface area contributed by atoms with Crippen molar-refractivity contribution in [3.8, 4) is 11.5 Å². The van der Waals surface area contributed by atoms with Gasteiger partial charge in [0, 0.05) is 38.5 Å². The van der Waals surface area contributed by atoms with Gasteiger partial charge in [0.05, 0.1) is 11.9 Å². The summed E-state index contributed by atoms with van der Waals surface area (Å²) < 4.78 is 38.2. The molecule has 4 rings (SSSR count). The van der Waals surface area contributed by atoms with Gasteiger partial charge in [-0.25, -0.2) is 8.42 Å². The van der Waals surface area contributed by atoms with Gasteiger partial charge in [-0.2, -0.15) is 0 Å². The van der Waals surface area contributed by atoms with E-state index in [0.29, 0.717) is 43.4 Å². The lowest BCUT2D eigenvalue weighted by Gasteiger charge is -2.32. The van der Waals surface area contributed by atoms with E-state index in [2.05, 4.69) is 5.32 Å². The minimum atomic E-state index is -3.65. The number of nitrogens with one attached hydrogen (secondary N) is 1. The molecule has 0 unspecified atom stereocenters. The molecule has 0 radical (unpaired) electrons. The van der Waals surface area contributed by atoms with Crippen molar-refractivity contribution in [2.24, 2.45) is 5.92 Å². The van der Waals surface area contributed by atoms with E-state index in [1.165, 1.54) is 4.31 Å². The molecule has 0 aromatic heterocycles. The largest absolute Gasteiger partial charge is 0.486 e. The second-order valence-corrected chi connectivity index (χ2v) is 13.5. The maximum absolute atomic E-state index is 14.0. The number of carbonyl (C=O) groups is 2. The molecule has 1 aliphatic heterocycles. The van der Waals surface area contributed by atoms with E-state index in [1.807, 2.05) is 75.4 Å². The van der Waals surface area contributed by atoms with Crippen LogP contribution < -0.4 is 19.1 Å². The minimum absolute atomic E-state index is 0.0607. The van der Waals surface area contributed by atoms with Gasteiger partial charge in [-0.1, -0.05) is 68.4 Å². The van der Waals surface area contributed by atoms with Gasteiger partial charge >= 0.3 is 0 Å². The Morgan fingerprint density at radius 3 is 2.30 bits per heavy atom. The Morgan fingerprint density at radius 1 is 0.932 bits per heavy atom. The highest BCUT2D eigenvalue weighted by Gasteiger charge is 2.31. The molecule has 236 valence electrons. The average molecular weight is 622 g/mol. The van der Waals surface area contributed by atoms with E-state index in [9.17, 15) is 18.0 Å². The highest BCUT2D eigenvalue weighted by atomic mass is 32.2. The Balaban J connectivity index is 1.58. The maximum Gasteiger partial charge on any atom is 0.243 e. The van der Waals surface area contributed by atoms with Crippen LogP contribution in [0, 0.1) is 12.8 Å². The zero-order chi connectivity index (χ0) is 31.7. The van der Waals surface area contributed by atoms with Crippen molar-refractivity contribution in [3.63, 3.8) is 0 Å². The van der Waals surface area contributed by atoms with Crippen LogP contribution in [0.4, 0.5) is 5.69 Å². The molecule has 1 aliphatic rings. The second-order valence-electron chi connectivity index (χ2n) is 11.6. The highest BCUT2D eigenvalue weighted by molar-refractivity contribution is 7.92. The number of aryl methyl sites for hydroxylation is 1. The first-order valence-corrected chi connectivity index (χ1v) is 16.9. The fourth-order valence-electron chi connectivity index (χ4n) is 5.14. The molecule has 2 amide bonds. The molecular formula is C34H43N3O6S. The first kappa shape index (κ1) is 32.9. The third kappa shape index (κ3) is 8.98. The van der Waals surface area contributed by atoms with Crippen molar-refractivity contribution in [1.29, 1.82) is 0 Å². The van der Waals surface area contributed by atoms with Crippen molar-refractivity contribution in [1.82, 2.24) is 10.2 Å². The summed E-state index contributed by atoms with van der Waals surface area (Å²) in [6, 6.07) is 21.8. The highest BCUT2D eigenvalue weighted by Crippen LogP contribution is 2.35. The summed E-state index contributed by atoms with van der Waals surface area (Å²) in [5, 5.41) is 3.04. The van der Waals surface area contributed by atoms with Crippen LogP contribution in [0.25, 0.3) is 0 Å². The number of ether oxygens (including phenoxy) is 2. The summed E-state index contributed by atoms with van der Waals surface area (Å²) in [5.41, 5.74) is 3.36. The monoisotopic (exact) mass is 621 g/mol. The minimum Gasteiger partial charge on any atom is -0.486 e. The Hall–Kier alpha value is -4.05. The van der Waals surface area contributed by atoms with Crippen LogP contribution in [0.1, 0.15) is 43.4 Å². The first-order chi connectivity index (χ1) is 21.0.